The number of hydrogen-bond donors (Lipinski definition) is 1. The summed E-state index contributed by atoms with van der Waals surface area (Å²) in [7, 11) is -3.33. The van der Waals surface area contributed by atoms with Crippen LogP contribution in [0.5, 0.6) is 0 Å². The zero-order valence-electron chi connectivity index (χ0n) is 19.5. The average Bonchev–Trinajstić information content (AvgIpc) is 3.05. The third-order valence-corrected chi connectivity index (χ3v) is 6.86. The highest BCUT2D eigenvalue weighted by atomic mass is 35.5. The van der Waals surface area contributed by atoms with Crippen LogP contribution in [0.3, 0.4) is 0 Å². The van der Waals surface area contributed by atoms with Crippen LogP contribution in [0.25, 0.3) is 11.2 Å². The second-order valence-electron chi connectivity index (χ2n) is 8.51. The van der Waals surface area contributed by atoms with E-state index in [1.807, 2.05) is 32.3 Å². The number of aromatic nitrogens is 4. The van der Waals surface area contributed by atoms with Gasteiger partial charge in [-0.05, 0) is 39.5 Å². The first-order valence-electron chi connectivity index (χ1n) is 10.7. The molecule has 0 bridgehead atoms. The van der Waals surface area contributed by atoms with Crippen LogP contribution in [0.4, 0.5) is 5.95 Å². The number of halogens is 1. The predicted octanol–water partition coefficient (Wildman–Crippen LogP) is 5.20. The topological polar surface area (TPSA) is 100 Å². The van der Waals surface area contributed by atoms with Gasteiger partial charge < -0.3 is 23.7 Å². The lowest BCUT2D eigenvalue weighted by molar-refractivity contribution is 0.0961. The van der Waals surface area contributed by atoms with Crippen LogP contribution in [0, 0.1) is 11.8 Å². The van der Waals surface area contributed by atoms with E-state index in [1.165, 1.54) is 0 Å². The van der Waals surface area contributed by atoms with Gasteiger partial charge in [0.15, 0.2) is 10.8 Å². The Morgan fingerprint density at radius 3 is 2.32 bits per heavy atom. The molecule has 1 N–H and O–H groups in total. The standard InChI is InChI=1S/C20H35ClN5O4P/c1-13(2)16(7)10-22-20-24-18(21)17-19(25-20)26(11-23-17)8-9-28-12-31(27,29-14(3)4)30-15(5)6/h11,13-16H,8-10,12H2,1-7H3,(H,22,24,25). The molecule has 2 aromatic heterocycles. The van der Waals surface area contributed by atoms with Crippen LogP contribution < -0.4 is 5.32 Å². The molecule has 0 saturated heterocycles. The lowest BCUT2D eigenvalue weighted by atomic mass is 9.98. The molecule has 0 aliphatic heterocycles. The molecule has 0 fully saturated rings. The maximum Gasteiger partial charge on any atom is 0.356 e. The normalized spacial score (nSPS) is 13.6. The van der Waals surface area contributed by atoms with Crippen LogP contribution >= 0.6 is 19.2 Å². The zero-order valence-corrected chi connectivity index (χ0v) is 21.1. The molecule has 0 amide bonds. The largest absolute Gasteiger partial charge is 0.367 e. The Bertz CT molecular complexity index is 876. The van der Waals surface area contributed by atoms with Crippen LogP contribution in [-0.2, 0) is 24.9 Å². The fourth-order valence-electron chi connectivity index (χ4n) is 2.71. The van der Waals surface area contributed by atoms with Gasteiger partial charge in [-0.3, -0.25) is 4.57 Å². The SMILES string of the molecule is CC(C)OP(=O)(COCCn1cnc2c(Cl)nc(NCC(C)C(C)C)nc21)OC(C)C. The average molecular weight is 476 g/mol. The molecule has 2 rings (SSSR count). The minimum Gasteiger partial charge on any atom is -0.367 e. The molecular weight excluding hydrogens is 441 g/mol. The first-order valence-corrected chi connectivity index (χ1v) is 12.8. The molecule has 0 aromatic carbocycles. The number of fused-ring (bicyclic) bond motifs is 1. The van der Waals surface area contributed by atoms with Crippen LogP contribution in [-0.4, -0.2) is 51.2 Å². The summed E-state index contributed by atoms with van der Waals surface area (Å²) in [6.45, 7) is 15.3. The van der Waals surface area contributed by atoms with Crippen LogP contribution in [0.15, 0.2) is 6.33 Å². The molecule has 0 aliphatic rings. The van der Waals surface area contributed by atoms with Gasteiger partial charge in [0.1, 0.15) is 11.9 Å². The smallest absolute Gasteiger partial charge is 0.356 e. The minimum atomic E-state index is -3.33. The molecule has 0 aliphatic carbocycles. The van der Waals surface area contributed by atoms with Crippen molar-refractivity contribution in [2.24, 2.45) is 11.8 Å². The van der Waals surface area contributed by atoms with Crippen LogP contribution in [0.1, 0.15) is 48.5 Å². The van der Waals surface area contributed by atoms with Gasteiger partial charge in [-0.2, -0.15) is 9.97 Å². The van der Waals surface area contributed by atoms with Gasteiger partial charge in [-0.15, -0.1) is 0 Å². The number of nitrogens with zero attached hydrogens (tertiary/aromatic N) is 4. The first-order chi connectivity index (χ1) is 14.5. The number of rotatable bonds is 13. The molecule has 31 heavy (non-hydrogen) atoms. The van der Waals surface area contributed by atoms with E-state index in [-0.39, 0.29) is 25.2 Å². The van der Waals surface area contributed by atoms with Crippen molar-refractivity contribution < 1.29 is 18.3 Å². The van der Waals surface area contributed by atoms with E-state index in [4.69, 9.17) is 25.4 Å². The molecule has 1 atom stereocenters. The molecule has 0 radical (unpaired) electrons. The summed E-state index contributed by atoms with van der Waals surface area (Å²) in [5.41, 5.74) is 1.14. The summed E-state index contributed by atoms with van der Waals surface area (Å²) in [4.78, 5) is 13.2. The maximum atomic E-state index is 12.8. The molecule has 9 nitrogen and oxygen atoms in total. The molecule has 2 aromatic rings. The fraction of sp³-hybridized carbons (Fsp3) is 0.750. The Hall–Kier alpha value is -1.25. The highest BCUT2D eigenvalue weighted by Crippen LogP contribution is 2.50. The molecule has 2 heterocycles. The van der Waals surface area contributed by atoms with E-state index in [2.05, 4.69) is 41.0 Å². The lowest BCUT2D eigenvalue weighted by Gasteiger charge is -2.22. The Morgan fingerprint density at radius 1 is 1.10 bits per heavy atom. The first kappa shape index (κ1) is 26.0. The summed E-state index contributed by atoms with van der Waals surface area (Å²) >= 11 is 6.30. The van der Waals surface area contributed by atoms with Gasteiger partial charge in [0, 0.05) is 13.1 Å². The summed E-state index contributed by atoms with van der Waals surface area (Å²) in [5.74, 6) is 1.48. The number of ether oxygens (including phenoxy) is 1. The van der Waals surface area contributed by atoms with Crippen molar-refractivity contribution in [1.82, 2.24) is 19.5 Å². The molecule has 1 unspecified atom stereocenters. The van der Waals surface area contributed by atoms with Gasteiger partial charge in [0.2, 0.25) is 5.95 Å². The van der Waals surface area contributed by atoms with Gasteiger partial charge in [0.05, 0.1) is 25.1 Å². The van der Waals surface area contributed by atoms with Crippen molar-refractivity contribution in [2.45, 2.75) is 67.2 Å². The number of imidazole rings is 1. The lowest BCUT2D eigenvalue weighted by Crippen LogP contribution is -2.18. The summed E-state index contributed by atoms with van der Waals surface area (Å²) in [5, 5.41) is 3.55. The minimum absolute atomic E-state index is 0.119. The van der Waals surface area contributed by atoms with Gasteiger partial charge >= 0.3 is 7.60 Å². The van der Waals surface area contributed by atoms with Gasteiger partial charge in [0.25, 0.3) is 0 Å². The van der Waals surface area contributed by atoms with Crippen molar-refractivity contribution in [3.05, 3.63) is 11.5 Å². The zero-order chi connectivity index (χ0) is 23.2. The van der Waals surface area contributed by atoms with E-state index in [0.717, 1.165) is 6.54 Å². The summed E-state index contributed by atoms with van der Waals surface area (Å²) in [6, 6.07) is 0. The number of anilines is 1. The predicted molar refractivity (Wildman–Crippen MR) is 124 cm³/mol. The fourth-order valence-corrected chi connectivity index (χ4v) is 4.73. The van der Waals surface area contributed by atoms with Crippen molar-refractivity contribution >= 4 is 36.3 Å². The van der Waals surface area contributed by atoms with E-state index < -0.39 is 7.60 Å². The van der Waals surface area contributed by atoms with Crippen molar-refractivity contribution in [1.29, 1.82) is 0 Å². The van der Waals surface area contributed by atoms with Crippen molar-refractivity contribution in [2.75, 3.05) is 24.8 Å². The van der Waals surface area contributed by atoms with Crippen molar-refractivity contribution in [3.8, 4) is 0 Å². The number of nitrogens with one attached hydrogen (secondary N) is 1. The molecule has 0 spiro atoms. The second-order valence-corrected chi connectivity index (χ2v) is 10.8. The Labute approximate surface area is 189 Å². The number of hydrogen-bond acceptors (Lipinski definition) is 8. The second kappa shape index (κ2) is 11.6. The van der Waals surface area contributed by atoms with E-state index in [9.17, 15) is 4.57 Å². The Kier molecular flexibility index (Phi) is 9.70. The highest BCUT2D eigenvalue weighted by molar-refractivity contribution is 7.53. The third kappa shape index (κ3) is 7.99. The van der Waals surface area contributed by atoms with Crippen LogP contribution in [0.2, 0.25) is 5.15 Å². The Morgan fingerprint density at radius 2 is 1.74 bits per heavy atom. The van der Waals surface area contributed by atoms with Gasteiger partial charge in [-0.1, -0.05) is 32.4 Å². The van der Waals surface area contributed by atoms with Crippen molar-refractivity contribution in [3.63, 3.8) is 0 Å². The van der Waals surface area contributed by atoms with E-state index in [0.29, 0.717) is 40.6 Å². The Balaban J connectivity index is 2.02. The molecule has 0 saturated carbocycles. The third-order valence-electron chi connectivity index (χ3n) is 4.61. The molecule has 176 valence electrons. The van der Waals surface area contributed by atoms with Gasteiger partial charge in [-0.25, -0.2) is 4.98 Å². The molecular formula is C20H35ClN5O4P. The van der Waals surface area contributed by atoms with E-state index in [1.54, 1.807) is 6.33 Å². The monoisotopic (exact) mass is 475 g/mol. The highest BCUT2D eigenvalue weighted by Gasteiger charge is 2.28. The summed E-state index contributed by atoms with van der Waals surface area (Å²) in [6.07, 6.45) is 1.07. The quantitative estimate of drug-likeness (QED) is 0.239. The maximum absolute atomic E-state index is 12.8. The summed E-state index contributed by atoms with van der Waals surface area (Å²) < 4.78 is 31.3. The van der Waals surface area contributed by atoms with E-state index >= 15 is 0 Å². The molecule has 11 heteroatoms.